The Morgan fingerprint density at radius 2 is 2.00 bits per heavy atom. The highest BCUT2D eigenvalue weighted by molar-refractivity contribution is 4.75. The third kappa shape index (κ3) is 4.52. The van der Waals surface area contributed by atoms with Crippen molar-refractivity contribution >= 4 is 0 Å². The zero-order valence-corrected chi connectivity index (χ0v) is 10.8. The lowest BCUT2D eigenvalue weighted by atomic mass is 9.81. The van der Waals surface area contributed by atoms with Crippen molar-refractivity contribution in [1.82, 2.24) is 5.32 Å². The third-order valence-corrected chi connectivity index (χ3v) is 3.68. The average Bonchev–Trinajstić information content (AvgIpc) is 2.26. The number of rotatable bonds is 5. The maximum Gasteiger partial charge on any atom is 0.0496 e. The van der Waals surface area contributed by atoms with E-state index in [-0.39, 0.29) is 0 Å². The molecular weight excluding hydrogens is 186 g/mol. The molecule has 3 unspecified atom stereocenters. The predicted molar refractivity (Wildman–Crippen MR) is 65.0 cm³/mol. The molecule has 1 rings (SSSR count). The van der Waals surface area contributed by atoms with Crippen molar-refractivity contribution in [3.8, 4) is 0 Å². The van der Waals surface area contributed by atoms with E-state index in [2.05, 4.69) is 33.0 Å². The van der Waals surface area contributed by atoms with Crippen LogP contribution in [-0.2, 0) is 4.74 Å². The van der Waals surface area contributed by atoms with E-state index in [1.807, 2.05) is 0 Å². The second-order valence-corrected chi connectivity index (χ2v) is 5.38. The Hall–Kier alpha value is -0.0800. The van der Waals surface area contributed by atoms with Gasteiger partial charge in [-0.05, 0) is 37.1 Å². The Balaban J connectivity index is 2.27. The van der Waals surface area contributed by atoms with Crippen LogP contribution in [0.15, 0.2) is 0 Å². The van der Waals surface area contributed by atoms with E-state index in [0.29, 0.717) is 6.04 Å². The zero-order chi connectivity index (χ0) is 11.3. The van der Waals surface area contributed by atoms with Gasteiger partial charge >= 0.3 is 0 Å². The molecule has 0 aromatic rings. The normalized spacial score (nSPS) is 26.6. The van der Waals surface area contributed by atoms with Crippen LogP contribution in [-0.4, -0.2) is 25.8 Å². The van der Waals surface area contributed by atoms with Crippen LogP contribution in [0.5, 0.6) is 0 Å². The highest BCUT2D eigenvalue weighted by atomic mass is 16.5. The molecule has 0 spiro atoms. The molecule has 1 saturated heterocycles. The third-order valence-electron chi connectivity index (χ3n) is 3.68. The fourth-order valence-electron chi connectivity index (χ4n) is 2.25. The van der Waals surface area contributed by atoms with Gasteiger partial charge in [-0.2, -0.15) is 0 Å². The van der Waals surface area contributed by atoms with Gasteiger partial charge < -0.3 is 10.1 Å². The fourth-order valence-corrected chi connectivity index (χ4v) is 2.25. The summed E-state index contributed by atoms with van der Waals surface area (Å²) in [6.45, 7) is 12.2. The first-order valence-corrected chi connectivity index (χ1v) is 6.42. The molecule has 0 radical (unpaired) electrons. The van der Waals surface area contributed by atoms with Crippen LogP contribution >= 0.6 is 0 Å². The Morgan fingerprint density at radius 1 is 1.27 bits per heavy atom. The molecule has 0 aromatic heterocycles. The van der Waals surface area contributed by atoms with Gasteiger partial charge in [-0.25, -0.2) is 0 Å². The summed E-state index contributed by atoms with van der Waals surface area (Å²) in [5.41, 5.74) is 0. The van der Waals surface area contributed by atoms with E-state index in [1.54, 1.807) is 0 Å². The van der Waals surface area contributed by atoms with E-state index in [0.717, 1.165) is 37.5 Å². The Bertz CT molecular complexity index is 164. The van der Waals surface area contributed by atoms with Crippen molar-refractivity contribution in [3.05, 3.63) is 0 Å². The quantitative estimate of drug-likeness (QED) is 0.758. The molecule has 1 aliphatic heterocycles. The second kappa shape index (κ2) is 6.49. The topological polar surface area (TPSA) is 21.3 Å². The second-order valence-electron chi connectivity index (χ2n) is 5.38. The monoisotopic (exact) mass is 213 g/mol. The van der Waals surface area contributed by atoms with E-state index in [1.165, 1.54) is 12.8 Å². The molecule has 0 bridgehead atoms. The van der Waals surface area contributed by atoms with Crippen molar-refractivity contribution < 1.29 is 4.74 Å². The predicted octanol–water partition coefficient (Wildman–Crippen LogP) is 2.68. The lowest BCUT2D eigenvalue weighted by molar-refractivity contribution is 0.0228. The van der Waals surface area contributed by atoms with Gasteiger partial charge in [-0.1, -0.05) is 27.7 Å². The van der Waals surface area contributed by atoms with Gasteiger partial charge in [0.2, 0.25) is 0 Å². The van der Waals surface area contributed by atoms with E-state index >= 15 is 0 Å². The molecule has 1 fully saturated rings. The minimum Gasteiger partial charge on any atom is -0.381 e. The molecule has 3 atom stereocenters. The molecule has 1 aliphatic rings. The summed E-state index contributed by atoms with van der Waals surface area (Å²) in [5.74, 6) is 2.30. The molecule has 0 aromatic carbocycles. The summed E-state index contributed by atoms with van der Waals surface area (Å²) in [4.78, 5) is 0. The summed E-state index contributed by atoms with van der Waals surface area (Å²) in [7, 11) is 0. The van der Waals surface area contributed by atoms with Crippen molar-refractivity contribution in [3.63, 3.8) is 0 Å². The van der Waals surface area contributed by atoms with Crippen LogP contribution < -0.4 is 5.32 Å². The fraction of sp³-hybridized carbons (Fsp3) is 1.00. The number of nitrogens with one attached hydrogen (secondary N) is 1. The molecule has 0 saturated carbocycles. The van der Waals surface area contributed by atoms with Gasteiger partial charge in [0.25, 0.3) is 0 Å². The highest BCUT2D eigenvalue weighted by Crippen LogP contribution is 2.27. The number of hydrogen-bond acceptors (Lipinski definition) is 2. The minimum atomic E-state index is 0.599. The zero-order valence-electron chi connectivity index (χ0n) is 10.8. The summed E-state index contributed by atoms with van der Waals surface area (Å²) in [5, 5.41) is 3.52. The molecule has 15 heavy (non-hydrogen) atoms. The highest BCUT2D eigenvalue weighted by Gasteiger charge is 2.24. The maximum atomic E-state index is 5.56. The standard InChI is InChI=1S/C13H27NO/c1-10(2)14-8-11(3)12(4)13-6-5-7-15-9-13/h10-14H,5-9H2,1-4H3. The van der Waals surface area contributed by atoms with Crippen LogP contribution in [0.3, 0.4) is 0 Å². The summed E-state index contributed by atoms with van der Waals surface area (Å²) < 4.78 is 5.56. The van der Waals surface area contributed by atoms with Crippen molar-refractivity contribution in [1.29, 1.82) is 0 Å². The van der Waals surface area contributed by atoms with Gasteiger partial charge in [0.1, 0.15) is 0 Å². The lowest BCUT2D eigenvalue weighted by Gasteiger charge is -2.32. The van der Waals surface area contributed by atoms with Crippen LogP contribution in [0.1, 0.15) is 40.5 Å². The molecule has 1 heterocycles. The summed E-state index contributed by atoms with van der Waals surface area (Å²) in [6.07, 6.45) is 2.60. The first kappa shape index (κ1) is 13.0. The van der Waals surface area contributed by atoms with Crippen LogP contribution in [0.2, 0.25) is 0 Å². The van der Waals surface area contributed by atoms with Gasteiger partial charge in [0, 0.05) is 19.3 Å². The molecular formula is C13H27NO. The van der Waals surface area contributed by atoms with Gasteiger partial charge in [0.05, 0.1) is 0 Å². The summed E-state index contributed by atoms with van der Waals surface area (Å²) >= 11 is 0. The molecule has 0 amide bonds. The van der Waals surface area contributed by atoms with Crippen molar-refractivity contribution in [2.75, 3.05) is 19.8 Å². The smallest absolute Gasteiger partial charge is 0.0496 e. The van der Waals surface area contributed by atoms with Gasteiger partial charge in [-0.3, -0.25) is 0 Å². The Kier molecular flexibility index (Phi) is 5.62. The van der Waals surface area contributed by atoms with E-state index < -0.39 is 0 Å². The Morgan fingerprint density at radius 3 is 2.53 bits per heavy atom. The Labute approximate surface area is 94.8 Å². The van der Waals surface area contributed by atoms with Crippen molar-refractivity contribution in [2.45, 2.75) is 46.6 Å². The number of ether oxygens (including phenoxy) is 1. The number of hydrogen-bond donors (Lipinski definition) is 1. The van der Waals surface area contributed by atoms with Crippen LogP contribution in [0.4, 0.5) is 0 Å². The van der Waals surface area contributed by atoms with Gasteiger partial charge in [-0.15, -0.1) is 0 Å². The molecule has 1 N–H and O–H groups in total. The van der Waals surface area contributed by atoms with Crippen molar-refractivity contribution in [2.24, 2.45) is 17.8 Å². The molecule has 90 valence electrons. The molecule has 2 heteroatoms. The largest absolute Gasteiger partial charge is 0.381 e. The lowest BCUT2D eigenvalue weighted by Crippen LogP contribution is -2.35. The van der Waals surface area contributed by atoms with Gasteiger partial charge in [0.15, 0.2) is 0 Å². The first-order chi connectivity index (χ1) is 7.11. The van der Waals surface area contributed by atoms with Crippen LogP contribution in [0.25, 0.3) is 0 Å². The van der Waals surface area contributed by atoms with Crippen LogP contribution in [0, 0.1) is 17.8 Å². The maximum absolute atomic E-state index is 5.56. The molecule has 0 aliphatic carbocycles. The minimum absolute atomic E-state index is 0.599. The average molecular weight is 213 g/mol. The SMILES string of the molecule is CC(C)NCC(C)C(C)C1CCCOC1. The van der Waals surface area contributed by atoms with E-state index in [4.69, 9.17) is 4.74 Å². The van der Waals surface area contributed by atoms with E-state index in [9.17, 15) is 0 Å². The summed E-state index contributed by atoms with van der Waals surface area (Å²) in [6, 6.07) is 0.599. The first-order valence-electron chi connectivity index (χ1n) is 6.42. The molecule has 2 nitrogen and oxygen atoms in total.